The molecule has 1 atom stereocenters. The molecule has 0 fully saturated rings. The summed E-state index contributed by atoms with van der Waals surface area (Å²) < 4.78 is 0. The van der Waals surface area contributed by atoms with Crippen LogP contribution in [0.15, 0.2) is 0 Å². The number of hydrogen-bond donors (Lipinski definition) is 4. The van der Waals surface area contributed by atoms with Gasteiger partial charge < -0.3 is 26.5 Å². The average molecular weight is 342 g/mol. The molecule has 0 aromatic carbocycles. The number of Topliss-reactive ketones (excluding diaryl/α,β-unsaturated/α-hetero) is 1. The SMILES string of the molecule is CCCCCCNC(=O)[C@@H](CC(C)=O)CC(=O)NCCNCCN. The molecule has 0 unspecified atom stereocenters. The van der Waals surface area contributed by atoms with Crippen molar-refractivity contribution in [2.75, 3.05) is 32.7 Å². The van der Waals surface area contributed by atoms with Gasteiger partial charge in [-0.15, -0.1) is 0 Å². The highest BCUT2D eigenvalue weighted by atomic mass is 16.2. The van der Waals surface area contributed by atoms with Crippen LogP contribution in [0.1, 0.15) is 52.4 Å². The highest BCUT2D eigenvalue weighted by molar-refractivity contribution is 5.89. The molecular formula is C17H34N4O3. The molecule has 0 saturated carbocycles. The molecular weight excluding hydrogens is 308 g/mol. The predicted molar refractivity (Wildman–Crippen MR) is 95.5 cm³/mol. The van der Waals surface area contributed by atoms with Crippen LogP contribution in [0.5, 0.6) is 0 Å². The fourth-order valence-corrected chi connectivity index (χ4v) is 2.33. The van der Waals surface area contributed by atoms with Crippen molar-refractivity contribution in [3.05, 3.63) is 0 Å². The van der Waals surface area contributed by atoms with E-state index in [2.05, 4.69) is 22.9 Å². The van der Waals surface area contributed by atoms with E-state index in [1.54, 1.807) is 0 Å². The van der Waals surface area contributed by atoms with E-state index in [4.69, 9.17) is 5.73 Å². The first-order valence-electron chi connectivity index (χ1n) is 8.95. The van der Waals surface area contributed by atoms with Gasteiger partial charge in [0.15, 0.2) is 0 Å². The summed E-state index contributed by atoms with van der Waals surface area (Å²) >= 11 is 0. The number of ketones is 1. The van der Waals surface area contributed by atoms with Crippen molar-refractivity contribution in [3.8, 4) is 0 Å². The lowest BCUT2D eigenvalue weighted by atomic mass is 9.97. The van der Waals surface area contributed by atoms with Crippen LogP contribution in [0.2, 0.25) is 0 Å². The Labute approximate surface area is 145 Å². The van der Waals surface area contributed by atoms with Crippen molar-refractivity contribution in [2.24, 2.45) is 11.7 Å². The molecule has 2 amide bonds. The third-order valence-corrected chi connectivity index (χ3v) is 3.61. The molecule has 0 bridgehead atoms. The van der Waals surface area contributed by atoms with Crippen LogP contribution in [0.3, 0.4) is 0 Å². The molecule has 24 heavy (non-hydrogen) atoms. The largest absolute Gasteiger partial charge is 0.356 e. The van der Waals surface area contributed by atoms with Crippen molar-refractivity contribution >= 4 is 17.6 Å². The predicted octanol–water partition coefficient (Wildman–Crippen LogP) is 0.333. The van der Waals surface area contributed by atoms with E-state index in [9.17, 15) is 14.4 Å². The van der Waals surface area contributed by atoms with Gasteiger partial charge in [0.05, 0.1) is 5.92 Å². The summed E-state index contributed by atoms with van der Waals surface area (Å²) in [5.41, 5.74) is 5.36. The normalized spacial score (nSPS) is 11.8. The highest BCUT2D eigenvalue weighted by Gasteiger charge is 2.23. The number of hydrogen-bond acceptors (Lipinski definition) is 5. The van der Waals surface area contributed by atoms with Crippen molar-refractivity contribution < 1.29 is 14.4 Å². The molecule has 0 aliphatic carbocycles. The molecule has 140 valence electrons. The van der Waals surface area contributed by atoms with Crippen LogP contribution in [0.25, 0.3) is 0 Å². The Morgan fingerprint density at radius 2 is 1.67 bits per heavy atom. The fraction of sp³-hybridized carbons (Fsp3) is 0.824. The maximum Gasteiger partial charge on any atom is 0.224 e. The minimum atomic E-state index is -0.592. The van der Waals surface area contributed by atoms with E-state index in [0.717, 1.165) is 25.7 Å². The number of carbonyl (C=O) groups excluding carboxylic acids is 3. The first kappa shape index (κ1) is 22.5. The average Bonchev–Trinajstić information content (AvgIpc) is 2.53. The molecule has 0 rings (SSSR count). The first-order valence-corrected chi connectivity index (χ1v) is 8.95. The smallest absolute Gasteiger partial charge is 0.224 e. The molecule has 7 heteroatoms. The molecule has 0 radical (unpaired) electrons. The number of rotatable bonds is 15. The molecule has 7 nitrogen and oxygen atoms in total. The zero-order valence-electron chi connectivity index (χ0n) is 15.2. The quantitative estimate of drug-likeness (QED) is 0.320. The summed E-state index contributed by atoms with van der Waals surface area (Å²) in [4.78, 5) is 35.5. The third-order valence-electron chi connectivity index (χ3n) is 3.61. The molecule has 0 spiro atoms. The third kappa shape index (κ3) is 13.0. The number of nitrogens with two attached hydrogens (primary N) is 1. The molecule has 0 saturated heterocycles. The fourth-order valence-electron chi connectivity index (χ4n) is 2.33. The topological polar surface area (TPSA) is 113 Å². The van der Waals surface area contributed by atoms with Crippen molar-refractivity contribution in [3.63, 3.8) is 0 Å². The van der Waals surface area contributed by atoms with Crippen LogP contribution < -0.4 is 21.7 Å². The Balaban J connectivity index is 4.16. The minimum Gasteiger partial charge on any atom is -0.356 e. The second-order valence-electron chi connectivity index (χ2n) is 6.05. The number of amides is 2. The maximum absolute atomic E-state index is 12.2. The number of nitrogens with one attached hydrogen (secondary N) is 3. The van der Waals surface area contributed by atoms with Crippen molar-refractivity contribution in [1.29, 1.82) is 0 Å². The first-order chi connectivity index (χ1) is 11.5. The summed E-state index contributed by atoms with van der Waals surface area (Å²) in [6, 6.07) is 0. The Morgan fingerprint density at radius 1 is 0.917 bits per heavy atom. The standard InChI is InChI=1S/C17H34N4O3/c1-3-4-5-6-8-21-17(24)15(12-14(2)22)13-16(23)20-11-10-19-9-7-18/h15,19H,3-13,18H2,1-2H3,(H,20,23)(H,21,24)/t15-/m0/s1. The summed E-state index contributed by atoms with van der Waals surface area (Å²) in [5, 5.41) is 8.66. The van der Waals surface area contributed by atoms with Gasteiger partial charge in [-0.25, -0.2) is 0 Å². The molecule has 0 aliphatic rings. The number of carbonyl (C=O) groups is 3. The molecule has 0 aliphatic heterocycles. The van der Waals surface area contributed by atoms with Gasteiger partial charge >= 0.3 is 0 Å². The highest BCUT2D eigenvalue weighted by Crippen LogP contribution is 2.10. The summed E-state index contributed by atoms with van der Waals surface area (Å²) in [6.45, 7) is 6.52. The number of unbranched alkanes of at least 4 members (excludes halogenated alkanes) is 3. The molecule has 0 aromatic rings. The summed E-state index contributed by atoms with van der Waals surface area (Å²) in [5.74, 6) is -1.10. The lowest BCUT2D eigenvalue weighted by molar-refractivity contribution is -0.132. The van der Waals surface area contributed by atoms with Gasteiger partial charge in [0.2, 0.25) is 11.8 Å². The molecule has 0 aromatic heterocycles. The Kier molecular flexibility index (Phi) is 14.2. The Hall–Kier alpha value is -1.47. The molecule has 5 N–H and O–H groups in total. The summed E-state index contributed by atoms with van der Waals surface area (Å²) in [6.07, 6.45) is 4.42. The lowest BCUT2D eigenvalue weighted by Gasteiger charge is -2.15. The second-order valence-corrected chi connectivity index (χ2v) is 6.05. The van der Waals surface area contributed by atoms with Gasteiger partial charge in [0.1, 0.15) is 5.78 Å². The van der Waals surface area contributed by atoms with E-state index >= 15 is 0 Å². The Bertz CT molecular complexity index is 375. The van der Waals surface area contributed by atoms with Gasteiger partial charge in [-0.1, -0.05) is 26.2 Å². The zero-order chi connectivity index (χ0) is 18.2. The van der Waals surface area contributed by atoms with Gasteiger partial charge in [-0.3, -0.25) is 9.59 Å². The van der Waals surface area contributed by atoms with Crippen LogP contribution in [-0.4, -0.2) is 50.3 Å². The van der Waals surface area contributed by atoms with Crippen molar-refractivity contribution in [2.45, 2.75) is 52.4 Å². The van der Waals surface area contributed by atoms with Gasteiger partial charge in [0.25, 0.3) is 0 Å². The van der Waals surface area contributed by atoms with Gasteiger partial charge in [-0.2, -0.15) is 0 Å². The van der Waals surface area contributed by atoms with Crippen LogP contribution >= 0.6 is 0 Å². The Morgan fingerprint density at radius 3 is 2.29 bits per heavy atom. The minimum absolute atomic E-state index is 0.0390. The van der Waals surface area contributed by atoms with E-state index in [1.165, 1.54) is 6.92 Å². The van der Waals surface area contributed by atoms with E-state index in [1.807, 2.05) is 0 Å². The van der Waals surface area contributed by atoms with Gasteiger partial charge in [0, 0.05) is 45.6 Å². The van der Waals surface area contributed by atoms with E-state index < -0.39 is 5.92 Å². The van der Waals surface area contributed by atoms with Crippen LogP contribution in [0, 0.1) is 5.92 Å². The van der Waals surface area contributed by atoms with Crippen LogP contribution in [0.4, 0.5) is 0 Å². The van der Waals surface area contributed by atoms with E-state index in [0.29, 0.717) is 32.7 Å². The zero-order valence-corrected chi connectivity index (χ0v) is 15.2. The van der Waals surface area contributed by atoms with Gasteiger partial charge in [-0.05, 0) is 13.3 Å². The summed E-state index contributed by atoms with van der Waals surface area (Å²) in [7, 11) is 0. The monoisotopic (exact) mass is 342 g/mol. The molecule has 0 heterocycles. The van der Waals surface area contributed by atoms with Crippen molar-refractivity contribution in [1.82, 2.24) is 16.0 Å². The second kappa shape index (κ2) is 15.1. The maximum atomic E-state index is 12.2. The lowest BCUT2D eigenvalue weighted by Crippen LogP contribution is -2.38. The van der Waals surface area contributed by atoms with E-state index in [-0.39, 0.29) is 30.4 Å². The van der Waals surface area contributed by atoms with Crippen LogP contribution in [-0.2, 0) is 14.4 Å².